The van der Waals surface area contributed by atoms with Crippen molar-refractivity contribution in [2.45, 2.75) is 39.2 Å². The van der Waals surface area contributed by atoms with Gasteiger partial charge >= 0.3 is 0 Å². The van der Waals surface area contributed by atoms with Crippen LogP contribution in [0.2, 0.25) is 0 Å². The third-order valence-corrected chi connectivity index (χ3v) is 5.63. The van der Waals surface area contributed by atoms with E-state index in [-0.39, 0.29) is 29.0 Å². The van der Waals surface area contributed by atoms with Crippen molar-refractivity contribution in [1.82, 2.24) is 14.8 Å². The Morgan fingerprint density at radius 3 is 2.58 bits per heavy atom. The Hall–Kier alpha value is -2.11. The quantitative estimate of drug-likeness (QED) is 0.888. The molecule has 1 aromatic rings. The van der Waals surface area contributed by atoms with Gasteiger partial charge in [0.2, 0.25) is 5.91 Å². The monoisotopic (exact) mass is 331 g/mol. The van der Waals surface area contributed by atoms with E-state index in [0.29, 0.717) is 23.8 Å². The number of fused-ring (bicyclic) bond motifs is 1. The largest absolute Gasteiger partial charge is 0.345 e. The number of aromatic amines is 1. The number of likely N-dealkylation sites (tertiary alicyclic amines) is 1. The van der Waals surface area contributed by atoms with Gasteiger partial charge in [-0.05, 0) is 50.2 Å². The number of carbonyl (C=O) groups is 2. The van der Waals surface area contributed by atoms with E-state index >= 15 is 0 Å². The van der Waals surface area contributed by atoms with Crippen molar-refractivity contribution in [3.05, 3.63) is 33.2 Å². The summed E-state index contributed by atoms with van der Waals surface area (Å²) >= 11 is 0. The molecule has 0 radical (unpaired) electrons. The number of hydrogen-bond donors (Lipinski definition) is 1. The summed E-state index contributed by atoms with van der Waals surface area (Å²) in [6.07, 6.45) is 2.31. The molecule has 2 fully saturated rings. The fraction of sp³-hybridized carbons (Fsp3) is 0.611. The molecule has 3 atom stereocenters. The molecule has 6 nitrogen and oxygen atoms in total. The number of piperidine rings is 1. The van der Waals surface area contributed by atoms with Crippen molar-refractivity contribution in [2.75, 3.05) is 20.6 Å². The second kappa shape index (κ2) is 6.07. The summed E-state index contributed by atoms with van der Waals surface area (Å²) in [5.74, 6) is 0.769. The normalized spacial score (nSPS) is 26.4. The van der Waals surface area contributed by atoms with Gasteiger partial charge in [0, 0.05) is 38.8 Å². The topological polar surface area (TPSA) is 73.5 Å². The molecule has 1 saturated carbocycles. The van der Waals surface area contributed by atoms with E-state index in [1.165, 1.54) is 0 Å². The Labute approximate surface area is 141 Å². The first-order valence-corrected chi connectivity index (χ1v) is 8.49. The smallest absolute Gasteiger partial charge is 0.261 e. The number of rotatable bonds is 2. The van der Waals surface area contributed by atoms with Crippen molar-refractivity contribution in [3.8, 4) is 0 Å². The molecule has 130 valence electrons. The van der Waals surface area contributed by atoms with Crippen molar-refractivity contribution in [1.29, 1.82) is 0 Å². The molecule has 0 bridgehead atoms. The van der Waals surface area contributed by atoms with Gasteiger partial charge in [0.1, 0.15) is 5.56 Å². The maximum Gasteiger partial charge on any atom is 0.261 e. The number of aromatic nitrogens is 1. The van der Waals surface area contributed by atoms with Crippen LogP contribution in [0.5, 0.6) is 0 Å². The van der Waals surface area contributed by atoms with Crippen LogP contribution in [0.1, 0.15) is 40.9 Å². The van der Waals surface area contributed by atoms with Gasteiger partial charge in [0.05, 0.1) is 0 Å². The molecule has 1 saturated heterocycles. The van der Waals surface area contributed by atoms with Crippen LogP contribution < -0.4 is 5.56 Å². The zero-order valence-corrected chi connectivity index (χ0v) is 14.8. The molecule has 2 amide bonds. The molecule has 1 N–H and O–H groups in total. The fourth-order valence-electron chi connectivity index (χ4n) is 4.27. The predicted molar refractivity (Wildman–Crippen MR) is 90.9 cm³/mol. The van der Waals surface area contributed by atoms with Crippen LogP contribution in [0.15, 0.2) is 10.9 Å². The van der Waals surface area contributed by atoms with Gasteiger partial charge in [0.15, 0.2) is 0 Å². The standard InChI is InChI=1S/C18H25N3O3/c1-10-5-11(2)19-17(23)16(10)18(24)21(4)14-6-12-8-15(22)20(3)9-13(12)7-14/h5,12-14H,6-9H2,1-4H3,(H,19,23)/t12-,13+,14-/m1/s1. The molecule has 2 heterocycles. The number of hydrogen-bond acceptors (Lipinski definition) is 3. The van der Waals surface area contributed by atoms with Gasteiger partial charge in [-0.2, -0.15) is 0 Å². The van der Waals surface area contributed by atoms with Crippen molar-refractivity contribution in [2.24, 2.45) is 11.8 Å². The number of pyridine rings is 1. The number of amides is 2. The highest BCUT2D eigenvalue weighted by Gasteiger charge is 2.42. The van der Waals surface area contributed by atoms with E-state index in [1.807, 2.05) is 20.0 Å². The molecular formula is C18H25N3O3. The first-order chi connectivity index (χ1) is 11.3. The molecule has 6 heteroatoms. The van der Waals surface area contributed by atoms with Gasteiger partial charge in [-0.1, -0.05) is 0 Å². The Kier molecular flexibility index (Phi) is 4.24. The summed E-state index contributed by atoms with van der Waals surface area (Å²) in [6, 6.07) is 1.91. The number of aryl methyl sites for hydroxylation is 2. The Morgan fingerprint density at radius 1 is 1.25 bits per heavy atom. The molecule has 24 heavy (non-hydrogen) atoms. The average molecular weight is 331 g/mol. The molecular weight excluding hydrogens is 306 g/mol. The summed E-state index contributed by atoms with van der Waals surface area (Å²) in [4.78, 5) is 43.2. The Bertz CT molecular complexity index is 740. The summed E-state index contributed by atoms with van der Waals surface area (Å²) in [7, 11) is 3.62. The van der Waals surface area contributed by atoms with E-state index in [2.05, 4.69) is 4.98 Å². The van der Waals surface area contributed by atoms with E-state index in [9.17, 15) is 14.4 Å². The molecule has 0 unspecified atom stereocenters. The minimum atomic E-state index is -0.324. The first-order valence-electron chi connectivity index (χ1n) is 8.49. The van der Waals surface area contributed by atoms with Gasteiger partial charge in [-0.15, -0.1) is 0 Å². The number of carbonyl (C=O) groups excluding carboxylic acids is 2. The van der Waals surface area contributed by atoms with E-state index in [0.717, 1.165) is 25.1 Å². The minimum Gasteiger partial charge on any atom is -0.345 e. The van der Waals surface area contributed by atoms with E-state index in [1.54, 1.807) is 23.8 Å². The summed E-state index contributed by atoms with van der Waals surface area (Å²) in [5, 5.41) is 0. The van der Waals surface area contributed by atoms with Crippen molar-refractivity contribution in [3.63, 3.8) is 0 Å². The Morgan fingerprint density at radius 2 is 1.92 bits per heavy atom. The fourth-order valence-corrected chi connectivity index (χ4v) is 4.27. The van der Waals surface area contributed by atoms with Crippen LogP contribution in [0.3, 0.4) is 0 Å². The maximum absolute atomic E-state index is 12.8. The van der Waals surface area contributed by atoms with Crippen LogP contribution in [-0.2, 0) is 4.79 Å². The number of H-pyrrole nitrogens is 1. The molecule has 1 aliphatic carbocycles. The van der Waals surface area contributed by atoms with Crippen LogP contribution in [0.25, 0.3) is 0 Å². The average Bonchev–Trinajstić information content (AvgIpc) is 2.88. The summed E-state index contributed by atoms with van der Waals surface area (Å²) in [6.45, 7) is 4.37. The van der Waals surface area contributed by atoms with Crippen LogP contribution in [0, 0.1) is 25.7 Å². The third kappa shape index (κ3) is 2.85. The van der Waals surface area contributed by atoms with Crippen molar-refractivity contribution < 1.29 is 9.59 Å². The second-order valence-electron chi connectivity index (χ2n) is 7.38. The highest BCUT2D eigenvalue weighted by atomic mass is 16.2. The lowest BCUT2D eigenvalue weighted by Crippen LogP contribution is -2.40. The lowest BCUT2D eigenvalue weighted by atomic mass is 9.88. The van der Waals surface area contributed by atoms with Gasteiger partial charge in [-0.3, -0.25) is 14.4 Å². The lowest BCUT2D eigenvalue weighted by Gasteiger charge is -2.31. The maximum atomic E-state index is 12.8. The first kappa shape index (κ1) is 16.7. The summed E-state index contributed by atoms with van der Waals surface area (Å²) < 4.78 is 0. The van der Waals surface area contributed by atoms with Crippen LogP contribution in [0.4, 0.5) is 0 Å². The highest BCUT2D eigenvalue weighted by molar-refractivity contribution is 5.95. The number of nitrogens with one attached hydrogen (secondary N) is 1. The van der Waals surface area contributed by atoms with Crippen molar-refractivity contribution >= 4 is 11.8 Å². The number of nitrogens with zero attached hydrogens (tertiary/aromatic N) is 2. The lowest BCUT2D eigenvalue weighted by molar-refractivity contribution is -0.134. The Balaban J connectivity index is 1.78. The van der Waals surface area contributed by atoms with E-state index in [4.69, 9.17) is 0 Å². The van der Waals surface area contributed by atoms with Gasteiger partial charge in [-0.25, -0.2) is 0 Å². The van der Waals surface area contributed by atoms with E-state index < -0.39 is 0 Å². The third-order valence-electron chi connectivity index (χ3n) is 5.63. The molecule has 3 rings (SSSR count). The molecule has 2 aliphatic rings. The zero-order valence-electron chi connectivity index (χ0n) is 14.8. The molecule has 0 spiro atoms. The molecule has 1 aromatic heterocycles. The predicted octanol–water partition coefficient (Wildman–Crippen LogP) is 1.32. The second-order valence-corrected chi connectivity index (χ2v) is 7.38. The van der Waals surface area contributed by atoms with Crippen LogP contribution in [-0.4, -0.2) is 53.3 Å². The van der Waals surface area contributed by atoms with Gasteiger partial charge < -0.3 is 14.8 Å². The highest BCUT2D eigenvalue weighted by Crippen LogP contribution is 2.40. The minimum absolute atomic E-state index is 0.0897. The molecule has 0 aromatic carbocycles. The van der Waals surface area contributed by atoms with Gasteiger partial charge in [0.25, 0.3) is 11.5 Å². The SMILES string of the molecule is Cc1cc(C)c(C(=O)N(C)[C@@H]2C[C@@H]3CC(=O)N(C)C[C@@H]3C2)c(=O)[nH]1. The summed E-state index contributed by atoms with van der Waals surface area (Å²) in [5.41, 5.74) is 1.37. The van der Waals surface area contributed by atoms with Crippen LogP contribution >= 0.6 is 0 Å². The molecule has 1 aliphatic heterocycles. The zero-order chi connectivity index (χ0) is 17.6.